The smallest absolute Gasteiger partial charge is 0.270 e. The van der Waals surface area contributed by atoms with Gasteiger partial charge in [0.25, 0.3) is 5.91 Å². The Morgan fingerprint density at radius 1 is 1.24 bits per heavy atom. The lowest BCUT2D eigenvalue weighted by atomic mass is 10.0. The summed E-state index contributed by atoms with van der Waals surface area (Å²) in [6, 6.07) is 2.38. The van der Waals surface area contributed by atoms with Crippen LogP contribution in [-0.4, -0.2) is 59.0 Å². The van der Waals surface area contributed by atoms with Gasteiger partial charge in [-0.2, -0.15) is 0 Å². The number of carbonyl (C=O) groups is 1. The van der Waals surface area contributed by atoms with Crippen LogP contribution in [-0.2, 0) is 0 Å². The number of hydrogen-bond acceptors (Lipinski definition) is 3. The number of rotatable bonds is 2. The van der Waals surface area contributed by atoms with E-state index >= 15 is 0 Å². The topological polar surface area (TPSA) is 65.4 Å². The largest absolute Gasteiger partial charge is 0.340 e. The number of nitrogens with one attached hydrogen (secondary N) is 1. The number of aromatic amines is 1. The van der Waals surface area contributed by atoms with Crippen LogP contribution in [0.4, 0.5) is 0 Å². The molecule has 1 aromatic heterocycles. The summed E-state index contributed by atoms with van der Waals surface area (Å²) < 4.78 is 0. The van der Waals surface area contributed by atoms with Crippen LogP contribution in [0.1, 0.15) is 29.8 Å². The van der Waals surface area contributed by atoms with Crippen LogP contribution in [0.3, 0.4) is 0 Å². The van der Waals surface area contributed by atoms with Gasteiger partial charge in [-0.1, -0.05) is 23.2 Å². The summed E-state index contributed by atoms with van der Waals surface area (Å²) in [5.41, 5.74) is 6.41. The lowest BCUT2D eigenvalue weighted by Crippen LogP contribution is -2.46. The van der Waals surface area contributed by atoms with E-state index in [1.807, 2.05) is 4.90 Å². The van der Waals surface area contributed by atoms with Crippen molar-refractivity contribution in [1.29, 1.82) is 0 Å². The third-order valence-electron chi connectivity index (χ3n) is 4.50. The lowest BCUT2D eigenvalue weighted by Gasteiger charge is -2.34. The van der Waals surface area contributed by atoms with Crippen molar-refractivity contribution in [3.8, 4) is 0 Å². The number of nitrogens with two attached hydrogens (primary N) is 1. The number of amides is 1. The Labute approximate surface area is 134 Å². The summed E-state index contributed by atoms with van der Waals surface area (Å²) in [6.45, 7) is 3.62. The molecule has 0 spiro atoms. The van der Waals surface area contributed by atoms with E-state index in [1.54, 1.807) is 6.07 Å². The molecule has 0 saturated carbocycles. The van der Waals surface area contributed by atoms with Gasteiger partial charge in [0.05, 0.1) is 5.02 Å². The van der Waals surface area contributed by atoms with Crippen molar-refractivity contribution in [2.45, 2.75) is 31.3 Å². The molecule has 0 radical (unpaired) electrons. The fourth-order valence-electron chi connectivity index (χ4n) is 3.20. The minimum atomic E-state index is -0.0278. The lowest BCUT2D eigenvalue weighted by molar-refractivity contribution is 0.0764. The van der Waals surface area contributed by atoms with Crippen molar-refractivity contribution in [3.63, 3.8) is 0 Å². The maximum absolute atomic E-state index is 12.4. The van der Waals surface area contributed by atoms with Gasteiger partial charge in [0, 0.05) is 25.2 Å². The van der Waals surface area contributed by atoms with Crippen molar-refractivity contribution in [1.82, 2.24) is 14.8 Å². The first-order chi connectivity index (χ1) is 10.0. The van der Waals surface area contributed by atoms with E-state index in [-0.39, 0.29) is 5.91 Å². The number of nitrogens with zero attached hydrogens (tertiary/aromatic N) is 2. The van der Waals surface area contributed by atoms with Crippen LogP contribution in [0.2, 0.25) is 10.2 Å². The summed E-state index contributed by atoms with van der Waals surface area (Å²) in [6.07, 6.45) is 3.11. The molecule has 116 valence electrons. The number of hydrogen-bond donors (Lipinski definition) is 2. The summed E-state index contributed by atoms with van der Waals surface area (Å²) in [4.78, 5) is 19.6. The van der Waals surface area contributed by atoms with Gasteiger partial charge in [-0.05, 0) is 38.4 Å². The van der Waals surface area contributed by atoms with Crippen molar-refractivity contribution >= 4 is 29.1 Å². The molecule has 21 heavy (non-hydrogen) atoms. The zero-order valence-electron chi connectivity index (χ0n) is 11.8. The number of piperidine rings is 1. The van der Waals surface area contributed by atoms with Gasteiger partial charge in [0.15, 0.2) is 0 Å². The molecule has 0 aromatic carbocycles. The highest BCUT2D eigenvalue weighted by atomic mass is 35.5. The number of carbonyl (C=O) groups excluding carboxylic acids is 1. The zero-order valence-corrected chi connectivity index (χ0v) is 13.3. The molecular weight excluding hydrogens is 311 g/mol. The van der Waals surface area contributed by atoms with E-state index < -0.39 is 0 Å². The summed E-state index contributed by atoms with van der Waals surface area (Å²) in [7, 11) is 0. The van der Waals surface area contributed by atoms with Crippen molar-refractivity contribution < 1.29 is 4.79 Å². The SMILES string of the molecule is NC1CCN(C2CCN(C(=O)c3cc(Cl)c(Cl)[nH]3)C2)CC1. The molecule has 2 fully saturated rings. The van der Waals surface area contributed by atoms with Crippen LogP contribution < -0.4 is 5.73 Å². The number of aromatic nitrogens is 1. The van der Waals surface area contributed by atoms with E-state index in [9.17, 15) is 4.79 Å². The van der Waals surface area contributed by atoms with E-state index in [1.165, 1.54) is 0 Å². The van der Waals surface area contributed by atoms with Crippen LogP contribution in [0.15, 0.2) is 6.07 Å². The molecule has 1 aromatic rings. The number of H-pyrrole nitrogens is 1. The third-order valence-corrected chi connectivity index (χ3v) is 5.19. The van der Waals surface area contributed by atoms with Gasteiger partial charge in [0.1, 0.15) is 10.8 Å². The van der Waals surface area contributed by atoms with Gasteiger partial charge < -0.3 is 15.6 Å². The second-order valence-corrected chi connectivity index (χ2v) is 6.70. The first-order valence-corrected chi connectivity index (χ1v) is 8.13. The summed E-state index contributed by atoms with van der Waals surface area (Å²) in [5, 5.41) is 0.710. The Kier molecular flexibility index (Phi) is 4.45. The normalized spacial score (nSPS) is 24.7. The van der Waals surface area contributed by atoms with Crippen molar-refractivity contribution in [2.24, 2.45) is 5.73 Å². The van der Waals surface area contributed by atoms with Crippen molar-refractivity contribution in [2.75, 3.05) is 26.2 Å². The molecular formula is C14H20Cl2N4O. The zero-order chi connectivity index (χ0) is 15.0. The fraction of sp³-hybridized carbons (Fsp3) is 0.643. The second kappa shape index (κ2) is 6.16. The molecule has 3 heterocycles. The molecule has 5 nitrogen and oxygen atoms in total. The number of likely N-dealkylation sites (tertiary alicyclic amines) is 2. The quantitative estimate of drug-likeness (QED) is 0.871. The highest BCUT2D eigenvalue weighted by molar-refractivity contribution is 6.41. The molecule has 2 saturated heterocycles. The predicted octanol–water partition coefficient (Wildman–Crippen LogP) is 1.96. The molecule has 0 bridgehead atoms. The average molecular weight is 331 g/mol. The second-order valence-electron chi connectivity index (χ2n) is 5.91. The van der Waals surface area contributed by atoms with Crippen LogP contribution in [0.5, 0.6) is 0 Å². The first-order valence-electron chi connectivity index (χ1n) is 7.37. The molecule has 1 amide bonds. The molecule has 3 N–H and O–H groups in total. The highest BCUT2D eigenvalue weighted by Crippen LogP contribution is 2.25. The maximum Gasteiger partial charge on any atom is 0.270 e. The highest BCUT2D eigenvalue weighted by Gasteiger charge is 2.32. The van der Waals surface area contributed by atoms with Gasteiger partial charge in [-0.25, -0.2) is 0 Å². The maximum atomic E-state index is 12.4. The van der Waals surface area contributed by atoms with Crippen molar-refractivity contribution in [3.05, 3.63) is 21.9 Å². The third kappa shape index (κ3) is 3.21. The van der Waals surface area contributed by atoms with Gasteiger partial charge in [0.2, 0.25) is 0 Å². The molecule has 1 atom stereocenters. The molecule has 3 rings (SSSR count). The Morgan fingerprint density at radius 2 is 1.95 bits per heavy atom. The molecule has 0 aliphatic carbocycles. The first kappa shape index (κ1) is 15.2. The predicted molar refractivity (Wildman–Crippen MR) is 83.9 cm³/mol. The average Bonchev–Trinajstić information content (AvgIpc) is 3.07. The molecule has 1 unspecified atom stereocenters. The minimum absolute atomic E-state index is 0.0278. The monoisotopic (exact) mass is 330 g/mol. The van der Waals surface area contributed by atoms with Crippen LogP contribution >= 0.6 is 23.2 Å². The standard InChI is InChI=1S/C14H20Cl2N4O/c15-11-7-12(18-13(11)16)14(21)20-6-3-10(8-20)19-4-1-9(17)2-5-19/h7,9-10,18H,1-6,8,17H2. The Balaban J connectivity index is 1.60. The van der Waals surface area contributed by atoms with Gasteiger partial charge >= 0.3 is 0 Å². The minimum Gasteiger partial charge on any atom is -0.340 e. The van der Waals surface area contributed by atoms with Gasteiger partial charge in [-0.3, -0.25) is 9.69 Å². The molecule has 2 aliphatic rings. The van der Waals surface area contributed by atoms with E-state index in [0.717, 1.165) is 45.4 Å². The molecule has 7 heteroatoms. The van der Waals surface area contributed by atoms with E-state index in [4.69, 9.17) is 28.9 Å². The Morgan fingerprint density at radius 3 is 2.57 bits per heavy atom. The number of halogens is 2. The molecule has 2 aliphatic heterocycles. The van der Waals surface area contributed by atoms with Crippen LogP contribution in [0.25, 0.3) is 0 Å². The summed E-state index contributed by atoms with van der Waals surface area (Å²) >= 11 is 11.8. The fourth-order valence-corrected chi connectivity index (χ4v) is 3.51. The summed E-state index contributed by atoms with van der Waals surface area (Å²) in [5.74, 6) is -0.0278. The Hall–Kier alpha value is -0.750. The van der Waals surface area contributed by atoms with E-state index in [2.05, 4.69) is 9.88 Å². The van der Waals surface area contributed by atoms with Crippen LogP contribution in [0, 0.1) is 0 Å². The van der Waals surface area contributed by atoms with Gasteiger partial charge in [-0.15, -0.1) is 0 Å². The van der Waals surface area contributed by atoms with E-state index in [0.29, 0.717) is 28.0 Å². The Bertz CT molecular complexity index is 506.